The Morgan fingerprint density at radius 3 is 2.75 bits per heavy atom. The first-order valence-electron chi connectivity index (χ1n) is 4.49. The first kappa shape index (κ1) is 10.2. The number of hydrogen-bond donors (Lipinski definition) is 1. The van der Waals surface area contributed by atoms with Gasteiger partial charge in [0, 0.05) is 6.20 Å². The minimum absolute atomic E-state index is 0.123. The van der Waals surface area contributed by atoms with Crippen LogP contribution >= 0.6 is 0 Å². The molecule has 82 valence electrons. The lowest BCUT2D eigenvalue weighted by atomic mass is 10.4. The predicted molar refractivity (Wildman–Crippen MR) is 54.9 cm³/mol. The molecule has 2 aromatic heterocycles. The quantitative estimate of drug-likeness (QED) is 0.832. The molecule has 0 fully saturated rings. The molecule has 0 spiro atoms. The van der Waals surface area contributed by atoms with Crippen molar-refractivity contribution in [2.45, 2.75) is 0 Å². The number of pyridine rings is 1. The first-order chi connectivity index (χ1) is 7.70. The number of rotatable bonds is 3. The summed E-state index contributed by atoms with van der Waals surface area (Å²) in [7, 11) is 1.55. The molecule has 0 aliphatic heterocycles. The maximum absolute atomic E-state index is 10.7. The van der Waals surface area contributed by atoms with E-state index in [1.54, 1.807) is 19.2 Å². The van der Waals surface area contributed by atoms with Crippen LogP contribution in [0, 0.1) is 0 Å². The molecule has 2 aromatic rings. The molecular formula is C10H9N3O3. The van der Waals surface area contributed by atoms with Crippen molar-refractivity contribution in [3.63, 3.8) is 0 Å². The fourth-order valence-corrected chi connectivity index (χ4v) is 1.19. The van der Waals surface area contributed by atoms with Gasteiger partial charge in [0.25, 0.3) is 0 Å². The van der Waals surface area contributed by atoms with Gasteiger partial charge in [-0.1, -0.05) is 0 Å². The highest BCUT2D eigenvalue weighted by Crippen LogP contribution is 2.11. The number of methoxy groups -OCH3 is 1. The van der Waals surface area contributed by atoms with Crippen molar-refractivity contribution < 1.29 is 14.6 Å². The highest BCUT2D eigenvalue weighted by Gasteiger charge is 2.07. The van der Waals surface area contributed by atoms with Gasteiger partial charge in [-0.25, -0.2) is 14.5 Å². The van der Waals surface area contributed by atoms with Gasteiger partial charge in [-0.15, -0.1) is 0 Å². The summed E-state index contributed by atoms with van der Waals surface area (Å²) < 4.78 is 6.35. The van der Waals surface area contributed by atoms with Gasteiger partial charge in [0.15, 0.2) is 5.82 Å². The van der Waals surface area contributed by atoms with Gasteiger partial charge in [0.2, 0.25) is 0 Å². The zero-order valence-electron chi connectivity index (χ0n) is 8.49. The minimum Gasteiger partial charge on any atom is -0.495 e. The average molecular weight is 219 g/mol. The number of aromatic carboxylic acids is 1. The molecule has 1 N–H and O–H groups in total. The molecule has 0 unspecified atom stereocenters. The van der Waals surface area contributed by atoms with Crippen molar-refractivity contribution in [1.29, 1.82) is 0 Å². The molecule has 2 rings (SSSR count). The number of aromatic nitrogens is 3. The number of nitrogens with zero attached hydrogens (tertiary/aromatic N) is 3. The summed E-state index contributed by atoms with van der Waals surface area (Å²) in [5, 5.41) is 12.6. The topological polar surface area (TPSA) is 77.2 Å². The fourth-order valence-electron chi connectivity index (χ4n) is 1.19. The monoisotopic (exact) mass is 219 g/mol. The van der Waals surface area contributed by atoms with Crippen LogP contribution in [0.4, 0.5) is 0 Å². The summed E-state index contributed by atoms with van der Waals surface area (Å²) in [6.45, 7) is 0. The highest BCUT2D eigenvalue weighted by molar-refractivity contribution is 5.86. The third-order valence-corrected chi connectivity index (χ3v) is 2.02. The summed E-state index contributed by atoms with van der Waals surface area (Å²) >= 11 is 0. The van der Waals surface area contributed by atoms with Crippen LogP contribution < -0.4 is 4.74 Å². The van der Waals surface area contributed by atoms with Crippen LogP contribution in [0.25, 0.3) is 5.82 Å². The Kier molecular flexibility index (Phi) is 2.55. The summed E-state index contributed by atoms with van der Waals surface area (Å²) in [6.07, 6.45) is 4.21. The van der Waals surface area contributed by atoms with Crippen LogP contribution in [0.3, 0.4) is 0 Å². The molecule has 0 aliphatic carbocycles. The van der Waals surface area contributed by atoms with E-state index in [0.717, 1.165) is 0 Å². The molecule has 6 nitrogen and oxygen atoms in total. The Bertz CT molecular complexity index is 504. The standard InChI is InChI=1S/C10H9N3O3/c1-16-8-2-3-9(11-5-8)13-6-7(4-12-13)10(14)15/h2-6H,1H3,(H,14,15). The zero-order chi connectivity index (χ0) is 11.5. The molecule has 2 heterocycles. The summed E-state index contributed by atoms with van der Waals surface area (Å²) in [5.41, 5.74) is 0.123. The molecule has 6 heteroatoms. The van der Waals surface area contributed by atoms with E-state index in [1.807, 2.05) is 0 Å². The van der Waals surface area contributed by atoms with Gasteiger partial charge < -0.3 is 9.84 Å². The number of hydrogen-bond acceptors (Lipinski definition) is 4. The lowest BCUT2D eigenvalue weighted by Gasteiger charge is -2.01. The van der Waals surface area contributed by atoms with E-state index in [0.29, 0.717) is 11.6 Å². The van der Waals surface area contributed by atoms with Crippen LogP contribution in [-0.4, -0.2) is 33.0 Å². The summed E-state index contributed by atoms with van der Waals surface area (Å²) in [5.74, 6) is 0.155. The van der Waals surface area contributed by atoms with Gasteiger partial charge in [0.05, 0.1) is 25.1 Å². The summed E-state index contributed by atoms with van der Waals surface area (Å²) in [4.78, 5) is 14.7. The highest BCUT2D eigenvalue weighted by atomic mass is 16.5. The van der Waals surface area contributed by atoms with Gasteiger partial charge in [-0.05, 0) is 12.1 Å². The average Bonchev–Trinajstić information content (AvgIpc) is 2.78. The second-order valence-electron chi connectivity index (χ2n) is 3.03. The van der Waals surface area contributed by atoms with E-state index in [2.05, 4.69) is 10.1 Å². The SMILES string of the molecule is COc1ccc(-n2cc(C(=O)O)cn2)nc1. The second-order valence-corrected chi connectivity index (χ2v) is 3.03. The molecule has 0 aliphatic rings. The molecule has 16 heavy (non-hydrogen) atoms. The van der Waals surface area contributed by atoms with E-state index in [9.17, 15) is 4.79 Å². The van der Waals surface area contributed by atoms with Crippen molar-refractivity contribution >= 4 is 5.97 Å². The first-order valence-corrected chi connectivity index (χ1v) is 4.49. The van der Waals surface area contributed by atoms with Crippen LogP contribution in [0.1, 0.15) is 10.4 Å². The Morgan fingerprint density at radius 2 is 2.25 bits per heavy atom. The third-order valence-electron chi connectivity index (χ3n) is 2.02. The van der Waals surface area contributed by atoms with E-state index >= 15 is 0 Å². The lowest BCUT2D eigenvalue weighted by Crippen LogP contribution is -1.98. The molecule has 0 amide bonds. The van der Waals surface area contributed by atoms with Gasteiger partial charge >= 0.3 is 5.97 Å². The molecule has 0 radical (unpaired) electrons. The maximum atomic E-state index is 10.7. The van der Waals surface area contributed by atoms with Crippen molar-refractivity contribution in [2.75, 3.05) is 7.11 Å². The molecule has 0 bridgehead atoms. The maximum Gasteiger partial charge on any atom is 0.338 e. The smallest absolute Gasteiger partial charge is 0.338 e. The predicted octanol–water partition coefficient (Wildman–Crippen LogP) is 0.974. The summed E-state index contributed by atoms with van der Waals surface area (Å²) in [6, 6.07) is 3.42. The molecular weight excluding hydrogens is 210 g/mol. The molecule has 0 atom stereocenters. The van der Waals surface area contributed by atoms with Gasteiger partial charge in [-0.3, -0.25) is 0 Å². The zero-order valence-corrected chi connectivity index (χ0v) is 8.49. The molecule has 0 aromatic carbocycles. The third kappa shape index (κ3) is 1.85. The van der Waals surface area contributed by atoms with Gasteiger partial charge in [0.1, 0.15) is 5.75 Å². The number of carboxylic acid groups (broad SMARTS) is 1. The number of carbonyl (C=O) groups is 1. The number of carboxylic acids is 1. The van der Waals surface area contributed by atoms with Crippen LogP contribution in [-0.2, 0) is 0 Å². The van der Waals surface area contributed by atoms with Crippen LogP contribution in [0.5, 0.6) is 5.75 Å². The Labute approximate surface area is 91.1 Å². The van der Waals surface area contributed by atoms with Crippen molar-refractivity contribution in [3.05, 3.63) is 36.3 Å². The molecule has 0 saturated heterocycles. The minimum atomic E-state index is -1.01. The normalized spacial score (nSPS) is 10.1. The molecule has 0 saturated carbocycles. The number of ether oxygens (including phenoxy) is 1. The van der Waals surface area contributed by atoms with Crippen LogP contribution in [0.2, 0.25) is 0 Å². The van der Waals surface area contributed by atoms with E-state index < -0.39 is 5.97 Å². The lowest BCUT2D eigenvalue weighted by molar-refractivity contribution is 0.0697. The van der Waals surface area contributed by atoms with Gasteiger partial charge in [-0.2, -0.15) is 5.10 Å². The van der Waals surface area contributed by atoms with E-state index in [1.165, 1.54) is 23.3 Å². The van der Waals surface area contributed by atoms with E-state index in [-0.39, 0.29) is 5.56 Å². The Balaban J connectivity index is 2.31. The second kappa shape index (κ2) is 4.01. The fraction of sp³-hybridized carbons (Fsp3) is 0.100. The van der Waals surface area contributed by atoms with Crippen LogP contribution in [0.15, 0.2) is 30.7 Å². The van der Waals surface area contributed by atoms with E-state index in [4.69, 9.17) is 9.84 Å². The Hall–Kier alpha value is -2.37. The largest absolute Gasteiger partial charge is 0.495 e. The van der Waals surface area contributed by atoms with Crippen molar-refractivity contribution in [3.8, 4) is 11.6 Å². The van der Waals surface area contributed by atoms with Crippen molar-refractivity contribution in [2.24, 2.45) is 0 Å². The Morgan fingerprint density at radius 1 is 1.44 bits per heavy atom. The van der Waals surface area contributed by atoms with Crippen molar-refractivity contribution in [1.82, 2.24) is 14.8 Å².